The number of anilines is 1. The molecule has 2 aromatic rings. The summed E-state index contributed by atoms with van der Waals surface area (Å²) in [6.07, 6.45) is 5.72. The predicted molar refractivity (Wildman–Crippen MR) is 131 cm³/mol. The van der Waals surface area contributed by atoms with Crippen LogP contribution in [0.25, 0.3) is 0 Å². The Morgan fingerprint density at radius 1 is 1.46 bits per heavy atom. The molecule has 0 bridgehead atoms. The van der Waals surface area contributed by atoms with Crippen LogP contribution in [0, 0.1) is 0 Å². The molecule has 4 N–H and O–H groups in total. The lowest BCUT2D eigenvalue weighted by molar-refractivity contribution is -0.688. The van der Waals surface area contributed by atoms with E-state index in [0.717, 1.165) is 16.4 Å². The van der Waals surface area contributed by atoms with Crippen LogP contribution in [-0.4, -0.2) is 74.8 Å². The van der Waals surface area contributed by atoms with E-state index in [0.29, 0.717) is 0 Å². The SMILES string of the molecule is Nc1nc(/C(=N/OCF)C(=O)N[C@@H]2C(=O)N3C(C(=O)[O-])=C(/C=C/C[n+]4cccc(S(=O)(=O)O)c4)CS[C@H]23)ns1. The number of carboxylic acid groups (broad SMARTS) is 1. The topological polar surface area (TPSA) is 221 Å². The largest absolute Gasteiger partial charge is 0.543 e. The van der Waals surface area contributed by atoms with Gasteiger partial charge in [0, 0.05) is 23.4 Å². The molecule has 2 amide bonds. The van der Waals surface area contributed by atoms with Crippen LogP contribution in [0.15, 0.2) is 58.0 Å². The number of allylic oxidation sites excluding steroid dienone is 2. The van der Waals surface area contributed by atoms with Crippen molar-refractivity contribution >= 4 is 62.0 Å². The lowest BCUT2D eigenvalue weighted by atomic mass is 10.0. The number of alkyl halides is 1. The summed E-state index contributed by atoms with van der Waals surface area (Å²) in [5.74, 6) is -3.43. The number of aromatic nitrogens is 3. The standard InChI is InChI=1S/C20H18FN7O8S3/c21-9-36-25-12(15-24-20(22)38-26-15)16(29)23-13-17(30)28-14(19(31)32)10(8-37-18(13)28)3-1-5-27-6-2-4-11(7-27)39(33,34)35/h1-4,6-7,13,18H,5,8-9H2,(H4-,22,23,24,26,29,31,32,33,34,35)/b3-1+,25-12-/t13-,18-/m1/s1. The molecule has 0 spiro atoms. The van der Waals surface area contributed by atoms with E-state index in [-0.39, 0.29) is 39.4 Å². The van der Waals surface area contributed by atoms with E-state index in [9.17, 15) is 36.9 Å². The highest BCUT2D eigenvalue weighted by Gasteiger charge is 2.53. The maximum Gasteiger partial charge on any atom is 0.300 e. The van der Waals surface area contributed by atoms with E-state index < -0.39 is 51.9 Å². The number of nitrogens with two attached hydrogens (primary N) is 1. The molecule has 0 aliphatic carbocycles. The molecule has 0 saturated carbocycles. The van der Waals surface area contributed by atoms with Crippen LogP contribution in [0.2, 0.25) is 0 Å². The normalized spacial score (nSPS) is 19.6. The molecule has 0 unspecified atom stereocenters. The Hall–Kier alpha value is -3.94. The third kappa shape index (κ3) is 6.05. The molecular weight excluding hydrogens is 581 g/mol. The number of amides is 2. The Labute approximate surface area is 227 Å². The van der Waals surface area contributed by atoms with Crippen molar-refractivity contribution in [3.05, 3.63) is 53.8 Å². The fourth-order valence-electron chi connectivity index (χ4n) is 3.65. The number of thioether (sulfide) groups is 1. The van der Waals surface area contributed by atoms with E-state index in [2.05, 4.69) is 24.7 Å². The number of β-lactam (4-membered cyclic amide) rings is 1. The van der Waals surface area contributed by atoms with E-state index in [4.69, 9.17) is 5.73 Å². The first-order valence-corrected chi connectivity index (χ1v) is 14.0. The Balaban J connectivity index is 1.49. The van der Waals surface area contributed by atoms with Crippen molar-refractivity contribution in [3.8, 4) is 0 Å². The zero-order valence-electron chi connectivity index (χ0n) is 19.5. The van der Waals surface area contributed by atoms with Crippen molar-refractivity contribution < 1.29 is 46.3 Å². The van der Waals surface area contributed by atoms with Crippen LogP contribution in [0.3, 0.4) is 0 Å². The Kier molecular flexibility index (Phi) is 8.23. The maximum atomic E-state index is 12.9. The Bertz CT molecular complexity index is 1520. The van der Waals surface area contributed by atoms with Crippen molar-refractivity contribution in [2.24, 2.45) is 5.16 Å². The molecule has 2 atom stereocenters. The zero-order chi connectivity index (χ0) is 28.3. The van der Waals surface area contributed by atoms with Crippen LogP contribution < -0.4 is 20.7 Å². The molecule has 4 rings (SSSR count). The van der Waals surface area contributed by atoms with E-state index in [1.165, 1.54) is 53.0 Å². The van der Waals surface area contributed by atoms with Gasteiger partial charge in [0.25, 0.3) is 28.8 Å². The molecule has 15 nitrogen and oxygen atoms in total. The van der Waals surface area contributed by atoms with Crippen LogP contribution in [0.5, 0.6) is 0 Å². The number of fused-ring (bicyclic) bond motifs is 1. The predicted octanol–water partition coefficient (Wildman–Crippen LogP) is -2.04. The van der Waals surface area contributed by atoms with Crippen molar-refractivity contribution in [1.29, 1.82) is 0 Å². The summed E-state index contributed by atoms with van der Waals surface area (Å²) in [5, 5.41) is 16.9. The molecule has 1 fully saturated rings. The minimum Gasteiger partial charge on any atom is -0.543 e. The fourth-order valence-corrected chi connectivity index (χ4v) is 5.93. The van der Waals surface area contributed by atoms with Gasteiger partial charge in [0.15, 0.2) is 29.0 Å². The molecule has 2 aromatic heterocycles. The first-order chi connectivity index (χ1) is 18.5. The quantitative estimate of drug-likeness (QED) is 0.0884. The molecule has 206 valence electrons. The monoisotopic (exact) mass is 599 g/mol. The van der Waals surface area contributed by atoms with Gasteiger partial charge in [-0.15, -0.1) is 11.8 Å². The van der Waals surface area contributed by atoms with Crippen molar-refractivity contribution in [2.75, 3.05) is 18.3 Å². The molecule has 2 aliphatic heterocycles. The highest BCUT2D eigenvalue weighted by atomic mass is 32.2. The first kappa shape index (κ1) is 28.1. The summed E-state index contributed by atoms with van der Waals surface area (Å²) in [6, 6.07) is 1.48. The van der Waals surface area contributed by atoms with Crippen molar-refractivity contribution in [1.82, 2.24) is 19.6 Å². The number of carbonyl (C=O) groups excluding carboxylic acids is 3. The second kappa shape index (κ2) is 11.4. The van der Waals surface area contributed by atoms with Gasteiger partial charge >= 0.3 is 0 Å². The van der Waals surface area contributed by atoms with Gasteiger partial charge in [0.1, 0.15) is 11.4 Å². The number of carbonyl (C=O) groups is 3. The average Bonchev–Trinajstić information content (AvgIpc) is 3.32. The van der Waals surface area contributed by atoms with E-state index >= 15 is 0 Å². The van der Waals surface area contributed by atoms with Gasteiger partial charge in [-0.25, -0.2) is 8.96 Å². The number of nitrogen functional groups attached to an aromatic ring is 1. The number of oxime groups is 1. The third-order valence-corrected chi connectivity index (χ3v) is 8.00. The zero-order valence-corrected chi connectivity index (χ0v) is 21.9. The van der Waals surface area contributed by atoms with Crippen LogP contribution in [-0.2, 0) is 35.9 Å². The lowest BCUT2D eigenvalue weighted by Crippen LogP contribution is -2.71. The van der Waals surface area contributed by atoms with Crippen molar-refractivity contribution in [3.63, 3.8) is 0 Å². The van der Waals surface area contributed by atoms with Crippen LogP contribution in [0.1, 0.15) is 5.82 Å². The van der Waals surface area contributed by atoms with Crippen molar-refractivity contribution in [2.45, 2.75) is 22.9 Å². The molecule has 39 heavy (non-hydrogen) atoms. The van der Waals surface area contributed by atoms with Gasteiger partial charge in [0.05, 0.1) is 11.7 Å². The number of hydrogen-bond donors (Lipinski definition) is 3. The third-order valence-electron chi connectivity index (χ3n) is 5.32. The Morgan fingerprint density at radius 2 is 2.23 bits per heavy atom. The number of carboxylic acids is 1. The van der Waals surface area contributed by atoms with E-state index in [1.807, 2.05) is 0 Å². The molecule has 0 aromatic carbocycles. The van der Waals surface area contributed by atoms with Gasteiger partial charge in [-0.1, -0.05) is 11.2 Å². The summed E-state index contributed by atoms with van der Waals surface area (Å²) >= 11 is 1.92. The highest BCUT2D eigenvalue weighted by molar-refractivity contribution is 8.00. The summed E-state index contributed by atoms with van der Waals surface area (Å²) in [4.78, 5) is 46.4. The number of hydrogen-bond acceptors (Lipinski definition) is 13. The minimum atomic E-state index is -4.40. The number of aliphatic carboxylic acids is 1. The molecule has 19 heteroatoms. The first-order valence-electron chi connectivity index (χ1n) is 10.7. The summed E-state index contributed by atoms with van der Waals surface area (Å²) in [6.45, 7) is -1.22. The number of pyridine rings is 1. The highest BCUT2D eigenvalue weighted by Crippen LogP contribution is 2.40. The molecular formula is C20H18FN7O8S3. The second-order valence-electron chi connectivity index (χ2n) is 7.77. The minimum absolute atomic E-state index is 0.00772. The summed E-state index contributed by atoms with van der Waals surface area (Å²) < 4.78 is 49.5. The number of nitrogens with one attached hydrogen (secondary N) is 1. The summed E-state index contributed by atoms with van der Waals surface area (Å²) in [7, 11) is -4.40. The summed E-state index contributed by atoms with van der Waals surface area (Å²) in [5.41, 5.74) is 4.86. The lowest BCUT2D eigenvalue weighted by Gasteiger charge is -2.50. The van der Waals surface area contributed by atoms with E-state index in [1.54, 1.807) is 0 Å². The molecule has 1 saturated heterocycles. The smallest absolute Gasteiger partial charge is 0.300 e. The maximum absolute atomic E-state index is 12.9. The average molecular weight is 600 g/mol. The second-order valence-corrected chi connectivity index (χ2v) is 11.1. The van der Waals surface area contributed by atoms with Crippen LogP contribution >= 0.6 is 23.3 Å². The Morgan fingerprint density at radius 3 is 2.87 bits per heavy atom. The van der Waals surface area contributed by atoms with Gasteiger partial charge < -0.3 is 25.8 Å². The van der Waals surface area contributed by atoms with Gasteiger partial charge in [-0.05, 0) is 17.7 Å². The number of nitrogens with zero attached hydrogens (tertiary/aromatic N) is 5. The van der Waals surface area contributed by atoms with Gasteiger partial charge in [-0.3, -0.25) is 19.0 Å². The molecule has 0 radical (unpaired) electrons. The molecule has 2 aliphatic rings. The van der Waals surface area contributed by atoms with Crippen LogP contribution in [0.4, 0.5) is 9.52 Å². The van der Waals surface area contributed by atoms with Gasteiger partial charge in [0.2, 0.25) is 11.5 Å². The van der Waals surface area contributed by atoms with Gasteiger partial charge in [-0.2, -0.15) is 17.8 Å². The number of halogens is 1. The number of rotatable bonds is 10. The molecule has 4 heterocycles. The fraction of sp³-hybridized carbons (Fsp3) is 0.250.